The highest BCUT2D eigenvalue weighted by molar-refractivity contribution is 7.74. The first kappa shape index (κ1) is 15.0. The maximum Gasteiger partial charge on any atom is 0.465 e. The molecule has 0 saturated heterocycles. The fourth-order valence-electron chi connectivity index (χ4n) is 0.914. The zero-order valence-corrected chi connectivity index (χ0v) is 10.7. The quantitative estimate of drug-likeness (QED) is 0.303. The summed E-state index contributed by atoms with van der Waals surface area (Å²) < 4.78 is 21.9. The number of carbonyl (C=O) groups is 1. The second-order valence-corrected chi connectivity index (χ2v) is 4.89. The molecule has 0 aromatic rings. The molecule has 0 rings (SSSR count). The molecule has 0 aliphatic carbocycles. The zero-order valence-electron chi connectivity index (χ0n) is 9.84. The Morgan fingerprint density at radius 2 is 1.75 bits per heavy atom. The SMILES string of the molecule is CCOP(=O)(OCC)C(=[N+]=[N-])C(=O)N(C)C. The van der Waals surface area contributed by atoms with Crippen molar-refractivity contribution in [3.05, 3.63) is 5.53 Å². The summed E-state index contributed by atoms with van der Waals surface area (Å²) in [7, 11) is -0.950. The van der Waals surface area contributed by atoms with Gasteiger partial charge in [-0.2, -0.15) is 4.79 Å². The predicted octanol–water partition coefficient (Wildman–Crippen LogP) is 0.969. The normalized spacial score (nSPS) is 10.8. The van der Waals surface area contributed by atoms with Crippen LogP contribution in [0.5, 0.6) is 0 Å². The molecule has 0 aliphatic rings. The minimum absolute atomic E-state index is 0.0804. The summed E-state index contributed by atoms with van der Waals surface area (Å²) in [6.07, 6.45) is 0. The van der Waals surface area contributed by atoms with Crippen molar-refractivity contribution in [2.45, 2.75) is 13.8 Å². The van der Waals surface area contributed by atoms with Crippen LogP contribution < -0.4 is 0 Å². The largest absolute Gasteiger partial charge is 0.465 e. The number of hydrogen-bond acceptors (Lipinski definition) is 4. The Bertz CT molecular complexity index is 339. The summed E-state index contributed by atoms with van der Waals surface area (Å²) in [5.41, 5.74) is 8.13. The van der Waals surface area contributed by atoms with Crippen LogP contribution in [0.1, 0.15) is 13.8 Å². The Labute approximate surface area is 94.5 Å². The first-order valence-corrected chi connectivity index (χ1v) is 6.30. The van der Waals surface area contributed by atoms with E-state index in [0.29, 0.717) is 0 Å². The number of hydrogen-bond donors (Lipinski definition) is 0. The Morgan fingerprint density at radius 1 is 1.31 bits per heavy atom. The molecule has 0 aromatic heterocycles. The molecular weight excluding hydrogens is 233 g/mol. The third-order valence-corrected chi connectivity index (χ3v) is 3.55. The zero-order chi connectivity index (χ0) is 12.8. The van der Waals surface area contributed by atoms with Crippen molar-refractivity contribution in [2.75, 3.05) is 27.3 Å². The second kappa shape index (κ2) is 6.55. The van der Waals surface area contributed by atoms with E-state index in [2.05, 4.69) is 4.79 Å². The van der Waals surface area contributed by atoms with Gasteiger partial charge in [0.05, 0.1) is 13.2 Å². The van der Waals surface area contributed by atoms with Crippen molar-refractivity contribution >= 4 is 19.0 Å². The molecule has 0 fully saturated rings. The number of carbonyl (C=O) groups excluding carboxylic acids is 1. The third kappa shape index (κ3) is 3.54. The summed E-state index contributed by atoms with van der Waals surface area (Å²) in [6.45, 7) is 3.36. The van der Waals surface area contributed by atoms with E-state index < -0.39 is 19.0 Å². The Morgan fingerprint density at radius 3 is 2.00 bits per heavy atom. The van der Waals surface area contributed by atoms with Crippen LogP contribution in [0.25, 0.3) is 5.53 Å². The molecule has 92 valence electrons. The highest BCUT2D eigenvalue weighted by atomic mass is 31.2. The standard InChI is InChI=1S/C8H16N3O4P/c1-5-14-16(13,15-6-2)7(10-9)8(12)11(3)4/h5-6H2,1-4H3. The van der Waals surface area contributed by atoms with E-state index >= 15 is 0 Å². The summed E-state index contributed by atoms with van der Waals surface area (Å²) in [6, 6.07) is 0. The molecule has 0 unspecified atom stereocenters. The predicted molar refractivity (Wildman–Crippen MR) is 58.2 cm³/mol. The molecule has 7 nitrogen and oxygen atoms in total. The Hall–Kier alpha value is -1.00. The molecular formula is C8H16N3O4P. The van der Waals surface area contributed by atoms with Crippen LogP contribution in [-0.2, 0) is 18.4 Å². The lowest BCUT2D eigenvalue weighted by molar-refractivity contribution is -0.125. The van der Waals surface area contributed by atoms with Gasteiger partial charge in [-0.05, 0) is 13.8 Å². The van der Waals surface area contributed by atoms with E-state index in [1.54, 1.807) is 13.8 Å². The van der Waals surface area contributed by atoms with Gasteiger partial charge in [-0.1, -0.05) is 0 Å². The van der Waals surface area contributed by atoms with Crippen molar-refractivity contribution < 1.29 is 23.2 Å². The number of amides is 1. The first-order chi connectivity index (χ1) is 7.42. The highest BCUT2D eigenvalue weighted by Crippen LogP contribution is 2.49. The van der Waals surface area contributed by atoms with Crippen LogP contribution in [0.2, 0.25) is 0 Å². The van der Waals surface area contributed by atoms with Gasteiger partial charge in [0, 0.05) is 14.1 Å². The molecule has 0 aliphatic heterocycles. The Kier molecular flexibility index (Phi) is 6.14. The summed E-state index contributed by atoms with van der Waals surface area (Å²) >= 11 is 0. The molecule has 0 heterocycles. The second-order valence-electron chi connectivity index (χ2n) is 2.96. The molecule has 1 amide bonds. The van der Waals surface area contributed by atoms with Crippen molar-refractivity contribution in [3.63, 3.8) is 0 Å². The van der Waals surface area contributed by atoms with Gasteiger partial charge >= 0.3 is 19.0 Å². The smallest absolute Gasteiger partial charge is 0.360 e. The lowest BCUT2D eigenvalue weighted by atomic mass is 10.6. The van der Waals surface area contributed by atoms with Crippen molar-refractivity contribution in [2.24, 2.45) is 0 Å². The van der Waals surface area contributed by atoms with Gasteiger partial charge in [0.15, 0.2) is 0 Å². The Balaban J connectivity index is 5.26. The monoisotopic (exact) mass is 249 g/mol. The van der Waals surface area contributed by atoms with Crippen molar-refractivity contribution in [3.8, 4) is 0 Å². The fourth-order valence-corrected chi connectivity index (χ4v) is 2.46. The minimum Gasteiger partial charge on any atom is -0.360 e. The first-order valence-electron chi connectivity index (χ1n) is 4.76. The van der Waals surface area contributed by atoms with E-state index in [9.17, 15) is 9.36 Å². The molecule has 0 atom stereocenters. The summed E-state index contributed by atoms with van der Waals surface area (Å²) in [5, 5.41) is 0. The molecule has 0 spiro atoms. The van der Waals surface area contributed by atoms with Crippen LogP contribution in [-0.4, -0.2) is 48.4 Å². The highest BCUT2D eigenvalue weighted by Gasteiger charge is 2.46. The third-order valence-electron chi connectivity index (χ3n) is 1.55. The van der Waals surface area contributed by atoms with E-state index in [-0.39, 0.29) is 13.2 Å². The van der Waals surface area contributed by atoms with E-state index in [0.717, 1.165) is 4.90 Å². The fraction of sp³-hybridized carbons (Fsp3) is 0.750. The van der Waals surface area contributed by atoms with Gasteiger partial charge in [0.25, 0.3) is 0 Å². The van der Waals surface area contributed by atoms with Crippen LogP contribution in [0.4, 0.5) is 0 Å². The topological polar surface area (TPSA) is 92.2 Å². The number of rotatable bonds is 6. The molecule has 0 N–H and O–H groups in total. The van der Waals surface area contributed by atoms with Crippen LogP contribution in [0.3, 0.4) is 0 Å². The van der Waals surface area contributed by atoms with Gasteiger partial charge in [-0.25, -0.2) is 4.57 Å². The lowest BCUT2D eigenvalue weighted by Crippen LogP contribution is -2.31. The van der Waals surface area contributed by atoms with Gasteiger partial charge in [-0.15, -0.1) is 0 Å². The van der Waals surface area contributed by atoms with Crippen molar-refractivity contribution in [1.82, 2.24) is 4.90 Å². The average Bonchev–Trinajstić information content (AvgIpc) is 2.18. The van der Waals surface area contributed by atoms with Crippen molar-refractivity contribution in [1.29, 1.82) is 0 Å². The maximum absolute atomic E-state index is 12.1. The molecule has 16 heavy (non-hydrogen) atoms. The molecule has 0 radical (unpaired) electrons. The lowest BCUT2D eigenvalue weighted by Gasteiger charge is -2.14. The molecule has 0 aromatic carbocycles. The summed E-state index contributed by atoms with van der Waals surface area (Å²) in [5.74, 6) is -0.715. The average molecular weight is 249 g/mol. The van der Waals surface area contributed by atoms with Gasteiger partial charge in [0.2, 0.25) is 0 Å². The van der Waals surface area contributed by atoms with E-state index in [4.69, 9.17) is 14.6 Å². The van der Waals surface area contributed by atoms with Crippen LogP contribution in [0.15, 0.2) is 0 Å². The minimum atomic E-state index is -3.83. The van der Waals surface area contributed by atoms with Crippen LogP contribution >= 0.6 is 7.60 Å². The molecule has 8 heteroatoms. The van der Waals surface area contributed by atoms with E-state index in [1.807, 2.05) is 0 Å². The van der Waals surface area contributed by atoms with E-state index in [1.165, 1.54) is 14.1 Å². The molecule has 0 saturated carbocycles. The summed E-state index contributed by atoms with van der Waals surface area (Å²) in [4.78, 5) is 15.4. The number of nitrogens with zero attached hydrogens (tertiary/aromatic N) is 3. The molecule has 0 bridgehead atoms. The van der Waals surface area contributed by atoms with Gasteiger partial charge in [-0.3, -0.25) is 4.79 Å². The van der Waals surface area contributed by atoms with Gasteiger partial charge < -0.3 is 19.5 Å². The van der Waals surface area contributed by atoms with Gasteiger partial charge in [0.1, 0.15) is 0 Å². The van der Waals surface area contributed by atoms with Crippen LogP contribution in [0, 0.1) is 0 Å². The maximum atomic E-state index is 12.1.